The number of methoxy groups -OCH3 is 1. The van der Waals surface area contributed by atoms with Crippen LogP contribution in [-0.2, 0) is 11.3 Å². The molecule has 1 aromatic carbocycles. The normalized spacial score (nSPS) is 19.4. The lowest BCUT2D eigenvalue weighted by Gasteiger charge is -2.27. The van der Waals surface area contributed by atoms with Crippen molar-refractivity contribution in [3.05, 3.63) is 27.2 Å². The van der Waals surface area contributed by atoms with E-state index in [1.54, 1.807) is 7.11 Å². The van der Waals surface area contributed by atoms with E-state index in [4.69, 9.17) is 27.9 Å². The third-order valence-electron chi connectivity index (χ3n) is 5.07. The molecule has 0 bridgehead atoms. The van der Waals surface area contributed by atoms with Crippen LogP contribution in [0.25, 0.3) is 0 Å². The molecule has 1 heterocycles. The summed E-state index contributed by atoms with van der Waals surface area (Å²) in [5, 5.41) is 1.28. The molecule has 2 fully saturated rings. The van der Waals surface area contributed by atoms with Gasteiger partial charge in [0.2, 0.25) is 5.91 Å². The molecule has 0 spiro atoms. The van der Waals surface area contributed by atoms with E-state index >= 15 is 0 Å². The number of benzene rings is 1. The Bertz CT molecular complexity index is 597. The Balaban J connectivity index is 1.97. The van der Waals surface area contributed by atoms with Crippen molar-refractivity contribution in [1.82, 2.24) is 4.90 Å². The molecule has 1 aromatic rings. The molecule has 3 nitrogen and oxygen atoms in total. The van der Waals surface area contributed by atoms with Crippen LogP contribution in [-0.4, -0.2) is 24.5 Å². The van der Waals surface area contributed by atoms with Crippen LogP contribution in [0.2, 0.25) is 10.0 Å². The van der Waals surface area contributed by atoms with E-state index in [-0.39, 0.29) is 5.91 Å². The number of rotatable bonds is 4. The summed E-state index contributed by atoms with van der Waals surface area (Å²) < 4.78 is 5.56. The lowest BCUT2D eigenvalue weighted by Crippen LogP contribution is -2.24. The van der Waals surface area contributed by atoms with Crippen LogP contribution in [0.5, 0.6) is 5.75 Å². The van der Waals surface area contributed by atoms with E-state index in [0.29, 0.717) is 28.9 Å². The summed E-state index contributed by atoms with van der Waals surface area (Å²) >= 11 is 13.2. The van der Waals surface area contributed by atoms with Crippen LogP contribution >= 0.6 is 23.2 Å². The minimum absolute atomic E-state index is 0.187. The summed E-state index contributed by atoms with van der Waals surface area (Å²) in [4.78, 5) is 13.8. The molecule has 0 radical (unpaired) electrons. The first kappa shape index (κ1) is 16.9. The van der Waals surface area contributed by atoms with Crippen molar-refractivity contribution in [3.63, 3.8) is 0 Å². The van der Waals surface area contributed by atoms with Crippen molar-refractivity contribution >= 4 is 29.1 Å². The van der Waals surface area contributed by atoms with Gasteiger partial charge in [-0.2, -0.15) is 0 Å². The second-order valence-corrected chi connectivity index (χ2v) is 7.31. The largest absolute Gasteiger partial charge is 0.496 e. The number of hydrogen-bond acceptors (Lipinski definition) is 2. The Morgan fingerprint density at radius 3 is 2.57 bits per heavy atom. The summed E-state index contributed by atoms with van der Waals surface area (Å²) in [6, 6.07) is 1.87. The fourth-order valence-electron chi connectivity index (χ4n) is 3.80. The second-order valence-electron chi connectivity index (χ2n) is 6.52. The maximum Gasteiger partial charge on any atom is 0.222 e. The molecule has 1 aliphatic heterocycles. The number of carbonyl (C=O) groups excluding carboxylic acids is 1. The second kappa shape index (κ2) is 7.31. The van der Waals surface area contributed by atoms with E-state index < -0.39 is 0 Å². The highest BCUT2D eigenvalue weighted by molar-refractivity contribution is 6.36. The quantitative estimate of drug-likeness (QED) is 0.745. The zero-order chi connectivity index (χ0) is 16.4. The van der Waals surface area contributed by atoms with Gasteiger partial charge in [0.05, 0.1) is 17.2 Å². The number of hydrogen-bond donors (Lipinski definition) is 0. The third-order valence-corrected chi connectivity index (χ3v) is 5.84. The molecule has 0 unspecified atom stereocenters. The van der Waals surface area contributed by atoms with E-state index in [0.717, 1.165) is 42.7 Å². The van der Waals surface area contributed by atoms with Gasteiger partial charge in [-0.15, -0.1) is 0 Å². The molecule has 126 valence electrons. The van der Waals surface area contributed by atoms with Crippen molar-refractivity contribution in [2.24, 2.45) is 0 Å². The van der Waals surface area contributed by atoms with Crippen LogP contribution < -0.4 is 4.74 Å². The summed E-state index contributed by atoms with van der Waals surface area (Å²) in [6.07, 6.45) is 7.57. The summed E-state index contributed by atoms with van der Waals surface area (Å²) in [5.41, 5.74) is 1.95. The topological polar surface area (TPSA) is 29.5 Å². The van der Waals surface area contributed by atoms with Gasteiger partial charge < -0.3 is 9.64 Å². The van der Waals surface area contributed by atoms with Gasteiger partial charge in [-0.3, -0.25) is 4.79 Å². The highest BCUT2D eigenvalue weighted by Crippen LogP contribution is 2.45. The van der Waals surface area contributed by atoms with E-state index in [9.17, 15) is 4.79 Å². The number of ether oxygens (including phenoxy) is 1. The van der Waals surface area contributed by atoms with Crippen LogP contribution in [0.1, 0.15) is 62.0 Å². The number of nitrogens with zero attached hydrogens (tertiary/aromatic N) is 1. The zero-order valence-corrected chi connectivity index (χ0v) is 15.1. The van der Waals surface area contributed by atoms with Crippen molar-refractivity contribution < 1.29 is 9.53 Å². The summed E-state index contributed by atoms with van der Waals surface area (Å²) in [5.74, 6) is 1.40. The molecule has 23 heavy (non-hydrogen) atoms. The lowest BCUT2D eigenvalue weighted by atomic mass is 9.83. The molecule has 0 N–H and O–H groups in total. The standard InChI is InChI=1S/C18H23Cl2NO2/c1-23-15-10-14(19)13(11-21-9-5-8-16(21)22)18(20)17(15)12-6-3-2-4-7-12/h10,12H,2-9,11H2,1H3. The highest BCUT2D eigenvalue weighted by atomic mass is 35.5. The Morgan fingerprint density at radius 2 is 1.96 bits per heavy atom. The molecular weight excluding hydrogens is 333 g/mol. The van der Waals surface area contributed by atoms with Crippen LogP contribution in [0, 0.1) is 0 Å². The molecule has 2 aliphatic rings. The zero-order valence-electron chi connectivity index (χ0n) is 13.5. The van der Waals surface area contributed by atoms with Gasteiger partial charge in [0.15, 0.2) is 0 Å². The van der Waals surface area contributed by atoms with Crippen LogP contribution in [0.4, 0.5) is 0 Å². The van der Waals surface area contributed by atoms with Crippen molar-refractivity contribution in [1.29, 1.82) is 0 Å². The van der Waals surface area contributed by atoms with Gasteiger partial charge in [0.25, 0.3) is 0 Å². The van der Waals surface area contributed by atoms with Gasteiger partial charge in [-0.25, -0.2) is 0 Å². The fourth-order valence-corrected chi connectivity index (χ4v) is 4.51. The van der Waals surface area contributed by atoms with Crippen molar-refractivity contribution in [2.75, 3.05) is 13.7 Å². The monoisotopic (exact) mass is 355 g/mol. The van der Waals surface area contributed by atoms with Crippen molar-refractivity contribution in [2.45, 2.75) is 57.4 Å². The SMILES string of the molecule is COc1cc(Cl)c(CN2CCCC2=O)c(Cl)c1C1CCCCC1. The van der Waals surface area contributed by atoms with Gasteiger partial charge in [0.1, 0.15) is 5.75 Å². The fraction of sp³-hybridized carbons (Fsp3) is 0.611. The van der Waals surface area contributed by atoms with E-state index in [1.807, 2.05) is 11.0 Å². The Kier molecular flexibility index (Phi) is 5.38. The molecule has 1 aliphatic carbocycles. The first-order valence-electron chi connectivity index (χ1n) is 8.44. The number of carbonyl (C=O) groups is 1. The minimum Gasteiger partial charge on any atom is -0.496 e. The molecule has 1 saturated carbocycles. The Morgan fingerprint density at radius 1 is 1.22 bits per heavy atom. The number of likely N-dealkylation sites (tertiary alicyclic amines) is 1. The molecule has 1 saturated heterocycles. The maximum atomic E-state index is 11.9. The van der Waals surface area contributed by atoms with Gasteiger partial charge in [0, 0.05) is 30.6 Å². The Labute approximate surface area is 147 Å². The lowest BCUT2D eigenvalue weighted by molar-refractivity contribution is -0.128. The number of amides is 1. The molecule has 5 heteroatoms. The van der Waals surface area contributed by atoms with Crippen LogP contribution in [0.15, 0.2) is 6.07 Å². The first-order chi connectivity index (χ1) is 11.1. The smallest absolute Gasteiger partial charge is 0.222 e. The van der Waals surface area contributed by atoms with E-state index in [1.165, 1.54) is 19.3 Å². The summed E-state index contributed by atoms with van der Waals surface area (Å²) in [6.45, 7) is 1.29. The highest BCUT2D eigenvalue weighted by Gasteiger charge is 2.28. The average Bonchev–Trinajstić information content (AvgIpc) is 2.96. The predicted octanol–water partition coefficient (Wildman–Crippen LogP) is 5.17. The first-order valence-corrected chi connectivity index (χ1v) is 9.20. The molecule has 3 rings (SSSR count). The molecular formula is C18H23Cl2NO2. The summed E-state index contributed by atoms with van der Waals surface area (Å²) in [7, 11) is 1.66. The molecule has 1 amide bonds. The number of halogens is 2. The van der Waals surface area contributed by atoms with Crippen LogP contribution in [0.3, 0.4) is 0 Å². The third kappa shape index (κ3) is 3.46. The van der Waals surface area contributed by atoms with Gasteiger partial charge >= 0.3 is 0 Å². The predicted molar refractivity (Wildman–Crippen MR) is 93.5 cm³/mol. The maximum absolute atomic E-state index is 11.9. The minimum atomic E-state index is 0.187. The Hall–Kier alpha value is -0.930. The van der Waals surface area contributed by atoms with Gasteiger partial charge in [-0.05, 0) is 31.2 Å². The van der Waals surface area contributed by atoms with E-state index in [2.05, 4.69) is 0 Å². The van der Waals surface area contributed by atoms with Crippen molar-refractivity contribution in [3.8, 4) is 5.75 Å². The average molecular weight is 356 g/mol. The molecule has 0 atom stereocenters. The van der Waals surface area contributed by atoms with Gasteiger partial charge in [-0.1, -0.05) is 42.5 Å². The molecule has 0 aromatic heterocycles.